The maximum Gasteiger partial charge on any atom is 0.472 e. The average molecular weight is 673 g/mol. The summed E-state index contributed by atoms with van der Waals surface area (Å²) in [5, 5.41) is 40.0. The summed E-state index contributed by atoms with van der Waals surface area (Å²) in [6.45, 7) is 2.15. The number of ether oxygens (including phenoxy) is 3. The van der Waals surface area contributed by atoms with Crippen LogP contribution in [-0.2, 0) is 27.8 Å². The van der Waals surface area contributed by atoms with Gasteiger partial charge in [-0.3, -0.25) is 9.05 Å². The quantitative estimate of drug-likeness (QED) is 0.0438. The number of rotatable bonds is 29. The molecular weight excluding hydrogens is 605 g/mol. The van der Waals surface area contributed by atoms with Gasteiger partial charge in [0, 0.05) is 6.61 Å². The monoisotopic (exact) mass is 672 g/mol. The number of aliphatic hydroxyl groups excluding tert-OH is 4. The highest BCUT2D eigenvalue weighted by molar-refractivity contribution is 7.47. The van der Waals surface area contributed by atoms with Crippen molar-refractivity contribution >= 4 is 7.82 Å². The minimum atomic E-state index is -4.40. The Kier molecular flexibility index (Phi) is 23.7. The fourth-order valence-electron chi connectivity index (χ4n) is 5.11. The number of likely N-dealkylation sites (N-methyl/N-ethyl adjacent to an activating group) is 1. The molecule has 1 aliphatic heterocycles. The fraction of sp³-hybridized carbons (Fsp3) is 1.00. The maximum absolute atomic E-state index is 12.4. The van der Waals surface area contributed by atoms with Crippen molar-refractivity contribution in [3.8, 4) is 0 Å². The van der Waals surface area contributed by atoms with Gasteiger partial charge in [-0.05, 0) is 6.42 Å². The van der Waals surface area contributed by atoms with Gasteiger partial charge in [-0.15, -0.1) is 0 Å². The van der Waals surface area contributed by atoms with E-state index in [4.69, 9.17) is 23.3 Å². The summed E-state index contributed by atoms with van der Waals surface area (Å²) in [6, 6.07) is 0. The van der Waals surface area contributed by atoms with Gasteiger partial charge in [-0.1, -0.05) is 103 Å². The van der Waals surface area contributed by atoms with Crippen molar-refractivity contribution in [2.75, 3.05) is 60.7 Å². The van der Waals surface area contributed by atoms with Crippen molar-refractivity contribution in [1.82, 2.24) is 0 Å². The second kappa shape index (κ2) is 24.9. The zero-order valence-corrected chi connectivity index (χ0v) is 29.5. The minimum absolute atomic E-state index is 0.00523. The summed E-state index contributed by atoms with van der Waals surface area (Å²) in [5.41, 5.74) is 0. The van der Waals surface area contributed by atoms with Gasteiger partial charge >= 0.3 is 7.82 Å². The first-order chi connectivity index (χ1) is 21.4. The van der Waals surface area contributed by atoms with Crippen LogP contribution in [0, 0.1) is 0 Å². The van der Waals surface area contributed by atoms with E-state index in [9.17, 15) is 29.9 Å². The van der Waals surface area contributed by atoms with Crippen LogP contribution in [-0.4, -0.2) is 127 Å². The molecule has 0 spiro atoms. The molecule has 0 aromatic heterocycles. The van der Waals surface area contributed by atoms with E-state index in [0.717, 1.165) is 19.3 Å². The van der Waals surface area contributed by atoms with Crippen LogP contribution in [0.4, 0.5) is 0 Å². The van der Waals surface area contributed by atoms with Crippen molar-refractivity contribution in [2.24, 2.45) is 0 Å². The molecule has 5 N–H and O–H groups in total. The first-order valence-electron chi connectivity index (χ1n) is 17.4. The number of nitrogens with zero attached hydrogens (tertiary/aromatic N) is 1. The molecule has 0 aromatic rings. The first kappa shape index (κ1) is 42.8. The van der Waals surface area contributed by atoms with E-state index in [-0.39, 0.29) is 13.2 Å². The molecule has 1 unspecified atom stereocenters. The van der Waals surface area contributed by atoms with Gasteiger partial charge < -0.3 is 44.0 Å². The van der Waals surface area contributed by atoms with E-state index < -0.39 is 57.8 Å². The van der Waals surface area contributed by atoms with Gasteiger partial charge in [0.2, 0.25) is 0 Å². The zero-order chi connectivity index (χ0) is 33.6. The molecule has 0 amide bonds. The van der Waals surface area contributed by atoms with Gasteiger partial charge in [0.15, 0.2) is 6.29 Å². The van der Waals surface area contributed by atoms with Gasteiger partial charge in [-0.25, -0.2) is 4.57 Å². The predicted molar refractivity (Wildman–Crippen MR) is 174 cm³/mol. The summed E-state index contributed by atoms with van der Waals surface area (Å²) >= 11 is 0. The number of phosphoric acid groups is 1. The number of aliphatic hydroxyl groups is 4. The van der Waals surface area contributed by atoms with Gasteiger partial charge in [0.25, 0.3) is 0 Å². The molecule has 1 aliphatic rings. The highest BCUT2D eigenvalue weighted by Crippen LogP contribution is 2.43. The lowest BCUT2D eigenvalue weighted by atomic mass is 9.99. The molecule has 12 nitrogen and oxygen atoms in total. The molecule has 45 heavy (non-hydrogen) atoms. The zero-order valence-electron chi connectivity index (χ0n) is 28.6. The Labute approximate surface area is 272 Å². The lowest BCUT2D eigenvalue weighted by Crippen LogP contribution is -2.60. The molecule has 270 valence electrons. The van der Waals surface area contributed by atoms with E-state index in [2.05, 4.69) is 6.92 Å². The number of quaternary nitrogens is 1. The van der Waals surface area contributed by atoms with Crippen LogP contribution in [0.5, 0.6) is 0 Å². The molecule has 0 aliphatic carbocycles. The fourth-order valence-corrected chi connectivity index (χ4v) is 5.85. The summed E-state index contributed by atoms with van der Waals surface area (Å²) in [7, 11) is 1.37. The third kappa shape index (κ3) is 21.4. The van der Waals surface area contributed by atoms with E-state index in [1.165, 1.54) is 83.5 Å². The molecule has 1 heterocycles. The normalized spacial score (nSPS) is 24.5. The maximum atomic E-state index is 12.4. The second-order valence-electron chi connectivity index (χ2n) is 13.4. The molecule has 7 atom stereocenters. The summed E-state index contributed by atoms with van der Waals surface area (Å²) in [6.07, 6.45) is 12.1. The number of hydrogen-bond acceptors (Lipinski definition) is 10. The van der Waals surface area contributed by atoms with Crippen LogP contribution in [0.25, 0.3) is 0 Å². The van der Waals surface area contributed by atoms with E-state index in [0.29, 0.717) is 17.6 Å². The summed E-state index contributed by atoms with van der Waals surface area (Å²) < 4.78 is 40.1. The van der Waals surface area contributed by atoms with Crippen molar-refractivity contribution in [3.05, 3.63) is 0 Å². The Balaban J connectivity index is 2.33. The topological polar surface area (TPSA) is 164 Å². The van der Waals surface area contributed by atoms with Crippen LogP contribution in [0.1, 0.15) is 110 Å². The Morgan fingerprint density at radius 2 is 1.22 bits per heavy atom. The smallest absolute Gasteiger partial charge is 0.394 e. The highest BCUT2D eigenvalue weighted by Gasteiger charge is 2.45. The Bertz CT molecular complexity index is 755. The van der Waals surface area contributed by atoms with E-state index >= 15 is 0 Å². The van der Waals surface area contributed by atoms with Crippen LogP contribution < -0.4 is 0 Å². The predicted octanol–water partition coefficient (Wildman–Crippen LogP) is 4.29. The molecule has 0 aromatic carbocycles. The minimum Gasteiger partial charge on any atom is -0.394 e. The van der Waals surface area contributed by atoms with Crippen molar-refractivity contribution in [3.63, 3.8) is 0 Å². The standard InChI is InChI=1S/C32H66NO11P/c1-5-6-7-8-9-10-11-12-13-14-15-16-17-18-19-20-22-40-25-27(26-42-45(38,39)41-23-21-33(2,3)4)43-32-31(37)30(36)29(35)28(24-34)44-32/h27-32,34-37H,5-26H2,1-4H3/p+1/t27-,28-,29-,30+,31-,32-/m1/s1. The first-order valence-corrected chi connectivity index (χ1v) is 18.9. The molecular formula is C32H67NO11P+. The SMILES string of the molecule is CCCCCCCCCCCCCCCCCCOC[C@H](COP(=O)(O)OCC[N+](C)(C)C)O[C@@H]1O[C@H](CO)[C@@H](O)[C@H](O)[C@H]1O. The van der Waals surface area contributed by atoms with E-state index in [1.807, 2.05) is 21.1 Å². The van der Waals surface area contributed by atoms with Gasteiger partial charge in [-0.2, -0.15) is 0 Å². The molecule has 0 bridgehead atoms. The van der Waals surface area contributed by atoms with Gasteiger partial charge in [0.05, 0.1) is 41.0 Å². The molecule has 13 heteroatoms. The molecule has 1 saturated heterocycles. The van der Waals surface area contributed by atoms with Gasteiger partial charge in [0.1, 0.15) is 43.7 Å². The Hall–Kier alpha value is -0.210. The largest absolute Gasteiger partial charge is 0.472 e. The summed E-state index contributed by atoms with van der Waals surface area (Å²) in [5.74, 6) is 0. The van der Waals surface area contributed by atoms with E-state index in [1.54, 1.807) is 0 Å². The molecule has 1 rings (SSSR count). The molecule has 0 saturated carbocycles. The lowest BCUT2D eigenvalue weighted by molar-refractivity contribution is -0.870. The third-order valence-electron chi connectivity index (χ3n) is 8.06. The second-order valence-corrected chi connectivity index (χ2v) is 14.9. The number of unbranched alkanes of at least 4 members (excludes halogenated alkanes) is 15. The van der Waals surface area contributed by atoms with Crippen LogP contribution in [0.15, 0.2) is 0 Å². The number of phosphoric ester groups is 1. The van der Waals surface area contributed by atoms with Crippen LogP contribution in [0.2, 0.25) is 0 Å². The van der Waals surface area contributed by atoms with Crippen LogP contribution in [0.3, 0.4) is 0 Å². The van der Waals surface area contributed by atoms with Crippen molar-refractivity contribution in [1.29, 1.82) is 0 Å². The summed E-state index contributed by atoms with van der Waals surface area (Å²) in [4.78, 5) is 10.1. The Morgan fingerprint density at radius 1 is 0.711 bits per heavy atom. The highest BCUT2D eigenvalue weighted by atomic mass is 31.2. The average Bonchev–Trinajstić information content (AvgIpc) is 2.98. The molecule has 1 fully saturated rings. The molecule has 0 radical (unpaired) electrons. The van der Waals surface area contributed by atoms with Crippen LogP contribution >= 0.6 is 7.82 Å². The number of hydrogen-bond donors (Lipinski definition) is 5. The van der Waals surface area contributed by atoms with Crippen molar-refractivity contribution < 1.29 is 57.6 Å². The lowest BCUT2D eigenvalue weighted by Gasteiger charge is -2.40. The third-order valence-corrected chi connectivity index (χ3v) is 9.05. The van der Waals surface area contributed by atoms with Crippen molar-refractivity contribution in [2.45, 2.75) is 146 Å². The Morgan fingerprint density at radius 3 is 1.71 bits per heavy atom.